The van der Waals surface area contributed by atoms with E-state index in [1.165, 1.54) is 17.7 Å². The molecule has 0 amide bonds. The van der Waals surface area contributed by atoms with Crippen molar-refractivity contribution in [1.29, 1.82) is 0 Å². The SMILES string of the molecule is CC(C)(C)c1ccc(O)c(C(C)(C)C)c1.OP(O)O[PH](O)(O)c1ccc(-c2ccccc2)cc1. The molecule has 0 heterocycles. The summed E-state index contributed by atoms with van der Waals surface area (Å²) in [5, 5.41) is 9.99. The molecule has 186 valence electrons. The second-order valence-electron chi connectivity index (χ2n) is 10.1. The zero-order chi connectivity index (χ0) is 25.7. The quantitative estimate of drug-likeness (QED) is 0.292. The van der Waals surface area contributed by atoms with Crippen LogP contribution in [0.1, 0.15) is 52.7 Å². The van der Waals surface area contributed by atoms with Gasteiger partial charge in [0.1, 0.15) is 5.75 Å². The molecule has 0 spiro atoms. The Bertz CT molecular complexity index is 1050. The molecule has 0 unspecified atom stereocenters. The van der Waals surface area contributed by atoms with Gasteiger partial charge in [-0.15, -0.1) is 0 Å². The fraction of sp³-hybridized carbons (Fsp3) is 0.308. The van der Waals surface area contributed by atoms with Crippen molar-refractivity contribution in [3.8, 4) is 16.9 Å². The van der Waals surface area contributed by atoms with E-state index >= 15 is 0 Å². The van der Waals surface area contributed by atoms with E-state index in [1.54, 1.807) is 18.2 Å². The fourth-order valence-corrected chi connectivity index (χ4v) is 5.21. The molecular weight excluding hydrogens is 470 g/mol. The molecule has 0 bridgehead atoms. The number of phenols is 1. The first-order valence-electron chi connectivity index (χ1n) is 10.9. The van der Waals surface area contributed by atoms with Crippen LogP contribution in [-0.4, -0.2) is 24.7 Å². The number of benzene rings is 3. The molecule has 8 heteroatoms. The van der Waals surface area contributed by atoms with Crippen molar-refractivity contribution < 1.29 is 29.0 Å². The van der Waals surface area contributed by atoms with Gasteiger partial charge in [0, 0.05) is 0 Å². The molecule has 0 aliphatic heterocycles. The number of hydrogen-bond acceptors (Lipinski definition) is 6. The van der Waals surface area contributed by atoms with Gasteiger partial charge < -0.3 is 5.11 Å². The van der Waals surface area contributed by atoms with Crippen LogP contribution in [0.3, 0.4) is 0 Å². The van der Waals surface area contributed by atoms with Gasteiger partial charge in [0.15, 0.2) is 0 Å². The van der Waals surface area contributed by atoms with Crippen molar-refractivity contribution in [3.05, 3.63) is 83.9 Å². The maximum absolute atomic E-state index is 9.84. The molecule has 0 radical (unpaired) electrons. The Hall–Kier alpha value is -1.88. The molecule has 0 saturated heterocycles. The molecule has 3 rings (SSSR count). The molecule has 34 heavy (non-hydrogen) atoms. The first-order valence-corrected chi connectivity index (χ1v) is 13.9. The standard InChI is InChI=1S/C14H22O.C12H14O5P2/c1-13(2,3)10-7-8-12(15)11(9-10)14(4,5)6;13-18(14)17-19(15,16)12-8-6-11(7-9-12)10-4-2-1-3-5-10/h7-9,15H,1-6H3;1-9,13-16,19H. The van der Waals surface area contributed by atoms with E-state index < -0.39 is 16.5 Å². The maximum atomic E-state index is 9.84. The number of phenolic OH excluding ortho intramolecular Hbond substituents is 1. The summed E-state index contributed by atoms with van der Waals surface area (Å²) >= 11 is 0. The first-order chi connectivity index (χ1) is 15.6. The average molecular weight is 507 g/mol. The number of hydrogen-bond donors (Lipinski definition) is 5. The van der Waals surface area contributed by atoms with Crippen molar-refractivity contribution in [2.75, 3.05) is 0 Å². The molecule has 0 fully saturated rings. The van der Waals surface area contributed by atoms with Crippen LogP contribution in [0, 0.1) is 0 Å². The molecular formula is C26H36O6P2. The van der Waals surface area contributed by atoms with Crippen molar-refractivity contribution in [2.24, 2.45) is 0 Å². The molecule has 3 aromatic carbocycles. The molecule has 0 saturated carbocycles. The Labute approximate surface area is 204 Å². The van der Waals surface area contributed by atoms with E-state index in [0.717, 1.165) is 16.7 Å². The minimum atomic E-state index is -4.24. The molecule has 0 aliphatic carbocycles. The minimum absolute atomic E-state index is 0.00859. The normalized spacial score (nSPS) is 12.8. The fourth-order valence-electron chi connectivity index (χ4n) is 3.28. The second-order valence-corrected chi connectivity index (χ2v) is 13.2. The van der Waals surface area contributed by atoms with Crippen LogP contribution in [0.2, 0.25) is 0 Å². The summed E-state index contributed by atoms with van der Waals surface area (Å²) in [5.41, 5.74) is 4.34. The van der Waals surface area contributed by atoms with E-state index in [0.29, 0.717) is 5.75 Å². The van der Waals surface area contributed by atoms with Crippen LogP contribution in [-0.2, 0) is 15.1 Å². The van der Waals surface area contributed by atoms with E-state index in [1.807, 2.05) is 36.4 Å². The molecule has 3 aromatic rings. The zero-order valence-corrected chi connectivity index (χ0v) is 22.4. The van der Waals surface area contributed by atoms with Crippen LogP contribution in [0.15, 0.2) is 72.8 Å². The third-order valence-electron chi connectivity index (χ3n) is 5.25. The van der Waals surface area contributed by atoms with Crippen molar-refractivity contribution in [1.82, 2.24) is 0 Å². The molecule has 5 N–H and O–H groups in total. The Morgan fingerprint density at radius 2 is 1.24 bits per heavy atom. The average Bonchev–Trinajstić information content (AvgIpc) is 2.73. The third kappa shape index (κ3) is 8.11. The molecule has 0 aliphatic rings. The monoisotopic (exact) mass is 506 g/mol. The predicted molar refractivity (Wildman–Crippen MR) is 142 cm³/mol. The van der Waals surface area contributed by atoms with Gasteiger partial charge in [-0.25, -0.2) is 0 Å². The number of aromatic hydroxyl groups is 1. The summed E-state index contributed by atoms with van der Waals surface area (Å²) in [6.45, 7) is 12.9. The van der Waals surface area contributed by atoms with Gasteiger partial charge >= 0.3 is 111 Å². The van der Waals surface area contributed by atoms with Crippen LogP contribution < -0.4 is 5.30 Å². The van der Waals surface area contributed by atoms with E-state index in [2.05, 4.69) is 51.9 Å². The van der Waals surface area contributed by atoms with Crippen LogP contribution in [0.25, 0.3) is 11.1 Å². The Morgan fingerprint density at radius 1 is 0.706 bits per heavy atom. The number of rotatable bonds is 4. The van der Waals surface area contributed by atoms with Gasteiger partial charge in [-0.2, -0.15) is 0 Å². The first kappa shape index (κ1) is 28.4. The van der Waals surface area contributed by atoms with Crippen molar-refractivity contribution in [2.45, 2.75) is 52.4 Å². The van der Waals surface area contributed by atoms with Gasteiger partial charge in [-0.1, -0.05) is 53.7 Å². The topological polar surface area (TPSA) is 110 Å². The van der Waals surface area contributed by atoms with Gasteiger partial charge in [0.25, 0.3) is 0 Å². The van der Waals surface area contributed by atoms with E-state index in [4.69, 9.17) is 9.79 Å². The summed E-state index contributed by atoms with van der Waals surface area (Å²) in [4.78, 5) is 36.8. The summed E-state index contributed by atoms with van der Waals surface area (Å²) in [6.07, 6.45) is 0. The van der Waals surface area contributed by atoms with E-state index in [-0.39, 0.29) is 16.1 Å². The second kappa shape index (κ2) is 11.2. The molecule has 0 atom stereocenters. The van der Waals surface area contributed by atoms with Crippen LogP contribution >= 0.6 is 16.5 Å². The van der Waals surface area contributed by atoms with Gasteiger partial charge in [0.2, 0.25) is 0 Å². The summed E-state index contributed by atoms with van der Waals surface area (Å²) in [6, 6.07) is 22.0. The predicted octanol–water partition coefficient (Wildman–Crippen LogP) is 5.67. The summed E-state index contributed by atoms with van der Waals surface area (Å²) in [7, 11) is -7.04. The molecule has 0 aromatic heterocycles. The van der Waals surface area contributed by atoms with E-state index in [9.17, 15) is 14.9 Å². The van der Waals surface area contributed by atoms with Gasteiger partial charge in [0.05, 0.1) is 0 Å². The van der Waals surface area contributed by atoms with Gasteiger partial charge in [-0.3, -0.25) is 0 Å². The third-order valence-corrected chi connectivity index (χ3v) is 8.00. The Balaban J connectivity index is 0.000000248. The van der Waals surface area contributed by atoms with Crippen molar-refractivity contribution in [3.63, 3.8) is 0 Å². The Kier molecular flexibility index (Phi) is 9.37. The van der Waals surface area contributed by atoms with Crippen LogP contribution in [0.4, 0.5) is 0 Å². The summed E-state index contributed by atoms with van der Waals surface area (Å²) < 4.78 is 4.40. The Morgan fingerprint density at radius 3 is 1.71 bits per heavy atom. The molecule has 6 nitrogen and oxygen atoms in total. The zero-order valence-electron chi connectivity index (χ0n) is 20.5. The summed E-state index contributed by atoms with van der Waals surface area (Å²) in [5.74, 6) is 0.399. The van der Waals surface area contributed by atoms with Crippen molar-refractivity contribution >= 4 is 21.9 Å². The van der Waals surface area contributed by atoms with Crippen LogP contribution in [0.5, 0.6) is 5.75 Å². The van der Waals surface area contributed by atoms with Gasteiger partial charge in [-0.05, 0) is 28.0 Å².